The van der Waals surface area contributed by atoms with Crippen LogP contribution >= 0.6 is 0 Å². The van der Waals surface area contributed by atoms with Crippen LogP contribution in [0.2, 0.25) is 0 Å². The molecule has 0 fully saturated rings. The topological polar surface area (TPSA) is 33.3 Å². The van der Waals surface area contributed by atoms with Gasteiger partial charge in [-0.1, -0.05) is 13.8 Å². The minimum Gasteiger partial charge on any atom is -0.380 e. The van der Waals surface area contributed by atoms with E-state index in [9.17, 15) is 0 Å². The third-order valence-corrected chi connectivity index (χ3v) is 1.66. The molecule has 0 amide bonds. The summed E-state index contributed by atoms with van der Waals surface area (Å²) in [7, 11) is 0. The molecule has 0 radical (unpaired) electrons. The smallest absolute Gasteiger partial charge is 0.0590 e. The Bertz CT molecular complexity index is 96.9. The molecule has 0 spiro atoms. The maximum Gasteiger partial charge on any atom is 0.0590 e. The van der Waals surface area contributed by atoms with Crippen molar-refractivity contribution in [3.8, 4) is 0 Å². The molecule has 0 saturated heterocycles. The van der Waals surface area contributed by atoms with Crippen molar-refractivity contribution in [3.63, 3.8) is 0 Å². The van der Waals surface area contributed by atoms with Crippen LogP contribution in [0.1, 0.15) is 20.8 Å². The lowest BCUT2D eigenvalue weighted by Gasteiger charge is -2.08. The normalized spacial score (nSPS) is 11.1. The molecule has 0 unspecified atom stereocenters. The second kappa shape index (κ2) is 9.96. The van der Waals surface area contributed by atoms with E-state index in [2.05, 4.69) is 24.5 Å². The monoisotopic (exact) mass is 188 g/mol. The molecule has 13 heavy (non-hydrogen) atoms. The zero-order valence-corrected chi connectivity index (χ0v) is 9.23. The average Bonchev–Trinajstić information content (AvgIpc) is 2.09. The second-order valence-electron chi connectivity index (χ2n) is 3.54. The van der Waals surface area contributed by atoms with Gasteiger partial charge in [0, 0.05) is 26.2 Å². The number of hydrogen-bond donors (Lipinski definition) is 2. The van der Waals surface area contributed by atoms with Crippen molar-refractivity contribution in [1.29, 1.82) is 0 Å². The van der Waals surface area contributed by atoms with Crippen LogP contribution in [-0.2, 0) is 4.74 Å². The first kappa shape index (κ1) is 12.9. The fourth-order valence-corrected chi connectivity index (χ4v) is 0.981. The minimum absolute atomic E-state index is 0.739. The fourth-order valence-electron chi connectivity index (χ4n) is 0.981. The lowest BCUT2D eigenvalue weighted by atomic mass is 10.2. The third-order valence-electron chi connectivity index (χ3n) is 1.66. The van der Waals surface area contributed by atoms with Crippen molar-refractivity contribution in [1.82, 2.24) is 10.6 Å². The molecule has 0 heterocycles. The van der Waals surface area contributed by atoms with Gasteiger partial charge in [-0.3, -0.25) is 0 Å². The zero-order chi connectivity index (χ0) is 9.94. The van der Waals surface area contributed by atoms with Crippen molar-refractivity contribution in [2.24, 2.45) is 5.92 Å². The van der Waals surface area contributed by atoms with Crippen LogP contribution in [0.15, 0.2) is 0 Å². The van der Waals surface area contributed by atoms with Crippen LogP contribution in [0.3, 0.4) is 0 Å². The Morgan fingerprint density at radius 2 is 1.77 bits per heavy atom. The van der Waals surface area contributed by atoms with Crippen molar-refractivity contribution < 1.29 is 4.74 Å². The summed E-state index contributed by atoms with van der Waals surface area (Å²) in [5, 5.41) is 6.68. The number of ether oxygens (including phenoxy) is 1. The first-order chi connectivity index (χ1) is 6.27. The van der Waals surface area contributed by atoms with Crippen molar-refractivity contribution in [3.05, 3.63) is 0 Å². The van der Waals surface area contributed by atoms with E-state index in [0.29, 0.717) is 0 Å². The Morgan fingerprint density at radius 3 is 2.38 bits per heavy atom. The predicted octanol–water partition coefficient (Wildman–Crippen LogP) is 0.858. The summed E-state index contributed by atoms with van der Waals surface area (Å²) in [4.78, 5) is 0. The second-order valence-corrected chi connectivity index (χ2v) is 3.54. The maximum absolute atomic E-state index is 5.20. The summed E-state index contributed by atoms with van der Waals surface area (Å²) < 4.78 is 5.20. The molecule has 3 nitrogen and oxygen atoms in total. The molecule has 0 atom stereocenters. The largest absolute Gasteiger partial charge is 0.380 e. The van der Waals surface area contributed by atoms with Gasteiger partial charge in [0.25, 0.3) is 0 Å². The van der Waals surface area contributed by atoms with Crippen LogP contribution in [0, 0.1) is 5.92 Å². The maximum atomic E-state index is 5.20. The summed E-state index contributed by atoms with van der Waals surface area (Å²) in [5.74, 6) is 0.739. The Morgan fingerprint density at radius 1 is 1.08 bits per heavy atom. The summed E-state index contributed by atoms with van der Waals surface area (Å²) in [5.41, 5.74) is 0. The summed E-state index contributed by atoms with van der Waals surface area (Å²) in [6, 6.07) is 0. The number of nitrogens with one attached hydrogen (secondary N) is 2. The van der Waals surface area contributed by atoms with Crippen LogP contribution in [-0.4, -0.2) is 39.4 Å². The molecule has 0 aromatic rings. The molecule has 0 saturated carbocycles. The van der Waals surface area contributed by atoms with Crippen LogP contribution < -0.4 is 10.6 Å². The van der Waals surface area contributed by atoms with Crippen LogP contribution in [0.4, 0.5) is 0 Å². The van der Waals surface area contributed by atoms with Crippen LogP contribution in [0.25, 0.3) is 0 Å². The highest BCUT2D eigenvalue weighted by Gasteiger charge is 1.91. The molecule has 2 N–H and O–H groups in total. The van der Waals surface area contributed by atoms with Gasteiger partial charge in [0.05, 0.1) is 6.61 Å². The Kier molecular flexibility index (Phi) is 9.87. The van der Waals surface area contributed by atoms with Gasteiger partial charge in [-0.15, -0.1) is 0 Å². The molecule has 80 valence electrons. The molecule has 0 aliphatic rings. The zero-order valence-electron chi connectivity index (χ0n) is 9.23. The predicted molar refractivity (Wildman–Crippen MR) is 57.1 cm³/mol. The molecule has 0 bridgehead atoms. The SMILES string of the molecule is CCOCCNCCNCC(C)C. The number of hydrogen-bond acceptors (Lipinski definition) is 3. The Hall–Kier alpha value is -0.120. The standard InChI is InChI=1S/C10H24N2O/c1-4-13-8-7-11-5-6-12-9-10(2)3/h10-12H,4-9H2,1-3H3. The van der Waals surface area contributed by atoms with Crippen molar-refractivity contribution in [2.45, 2.75) is 20.8 Å². The van der Waals surface area contributed by atoms with E-state index in [0.717, 1.165) is 45.3 Å². The van der Waals surface area contributed by atoms with Gasteiger partial charge in [0.2, 0.25) is 0 Å². The van der Waals surface area contributed by atoms with Gasteiger partial charge in [0.1, 0.15) is 0 Å². The average molecular weight is 188 g/mol. The van der Waals surface area contributed by atoms with Gasteiger partial charge >= 0.3 is 0 Å². The minimum atomic E-state index is 0.739. The van der Waals surface area contributed by atoms with Gasteiger partial charge < -0.3 is 15.4 Å². The highest BCUT2D eigenvalue weighted by molar-refractivity contribution is 4.53. The summed E-state index contributed by atoms with van der Waals surface area (Å²) in [6.45, 7) is 12.2. The fraction of sp³-hybridized carbons (Fsp3) is 1.00. The molecule has 0 rings (SSSR count). The van der Waals surface area contributed by atoms with Crippen LogP contribution in [0.5, 0.6) is 0 Å². The van der Waals surface area contributed by atoms with E-state index in [4.69, 9.17) is 4.74 Å². The summed E-state index contributed by atoms with van der Waals surface area (Å²) in [6.07, 6.45) is 0. The van der Waals surface area contributed by atoms with E-state index >= 15 is 0 Å². The van der Waals surface area contributed by atoms with E-state index < -0.39 is 0 Å². The van der Waals surface area contributed by atoms with E-state index in [1.165, 1.54) is 0 Å². The summed E-state index contributed by atoms with van der Waals surface area (Å²) >= 11 is 0. The first-order valence-electron chi connectivity index (χ1n) is 5.26. The lowest BCUT2D eigenvalue weighted by Crippen LogP contribution is -2.31. The molecular formula is C10H24N2O. The number of rotatable bonds is 9. The molecule has 0 aliphatic heterocycles. The molecule has 0 aromatic heterocycles. The highest BCUT2D eigenvalue weighted by Crippen LogP contribution is 1.85. The Balaban J connectivity index is 2.84. The van der Waals surface area contributed by atoms with Gasteiger partial charge in [-0.25, -0.2) is 0 Å². The molecule has 3 heteroatoms. The molecule has 0 aliphatic carbocycles. The highest BCUT2D eigenvalue weighted by atomic mass is 16.5. The van der Waals surface area contributed by atoms with E-state index in [-0.39, 0.29) is 0 Å². The quantitative estimate of drug-likeness (QED) is 0.527. The van der Waals surface area contributed by atoms with E-state index in [1.54, 1.807) is 0 Å². The first-order valence-corrected chi connectivity index (χ1v) is 5.26. The Labute approximate surface area is 82.2 Å². The van der Waals surface area contributed by atoms with Gasteiger partial charge in [-0.05, 0) is 19.4 Å². The van der Waals surface area contributed by atoms with Gasteiger partial charge in [-0.2, -0.15) is 0 Å². The van der Waals surface area contributed by atoms with E-state index in [1.807, 2.05) is 6.92 Å². The van der Waals surface area contributed by atoms with Crippen molar-refractivity contribution >= 4 is 0 Å². The van der Waals surface area contributed by atoms with Gasteiger partial charge in [0.15, 0.2) is 0 Å². The van der Waals surface area contributed by atoms with Crippen molar-refractivity contribution in [2.75, 3.05) is 39.4 Å². The molecular weight excluding hydrogens is 164 g/mol. The third kappa shape index (κ3) is 11.9. The lowest BCUT2D eigenvalue weighted by molar-refractivity contribution is 0.149. The molecule has 0 aromatic carbocycles.